The van der Waals surface area contributed by atoms with E-state index in [1.807, 2.05) is 0 Å². The number of amides is 1. The van der Waals surface area contributed by atoms with Gasteiger partial charge in [0, 0.05) is 12.1 Å². The van der Waals surface area contributed by atoms with Crippen LogP contribution in [-0.2, 0) is 0 Å². The number of hydrogen-bond acceptors (Lipinski definition) is 3. The monoisotopic (exact) mass is 263 g/mol. The second kappa shape index (κ2) is 5.95. The van der Waals surface area contributed by atoms with E-state index in [1.165, 1.54) is 31.0 Å². The summed E-state index contributed by atoms with van der Waals surface area (Å²) in [5, 5.41) is 21.9. The minimum absolute atomic E-state index is 0.0446. The highest BCUT2D eigenvalue weighted by Gasteiger charge is 2.23. The Morgan fingerprint density at radius 3 is 2.68 bits per heavy atom. The summed E-state index contributed by atoms with van der Waals surface area (Å²) in [4.78, 5) is 12.2. The third-order valence-electron chi connectivity index (χ3n) is 3.90. The zero-order valence-electron chi connectivity index (χ0n) is 11.2. The topological polar surface area (TPSA) is 69.6 Å². The van der Waals surface area contributed by atoms with Crippen molar-refractivity contribution in [3.63, 3.8) is 0 Å². The van der Waals surface area contributed by atoms with Crippen molar-refractivity contribution in [3.05, 3.63) is 23.8 Å². The minimum atomic E-state index is -0.267. The van der Waals surface area contributed by atoms with E-state index in [1.54, 1.807) is 0 Å². The van der Waals surface area contributed by atoms with Crippen LogP contribution in [-0.4, -0.2) is 22.2 Å². The molecule has 1 aliphatic carbocycles. The van der Waals surface area contributed by atoms with Gasteiger partial charge in [0.1, 0.15) is 11.5 Å². The Kier molecular flexibility index (Phi) is 4.30. The maximum absolute atomic E-state index is 12.2. The van der Waals surface area contributed by atoms with Gasteiger partial charge < -0.3 is 15.5 Å². The van der Waals surface area contributed by atoms with E-state index in [-0.39, 0.29) is 29.0 Å². The Bertz CT molecular complexity index is 459. The Morgan fingerprint density at radius 2 is 1.95 bits per heavy atom. The molecule has 0 radical (unpaired) electrons. The molecule has 2 unspecified atom stereocenters. The average Bonchev–Trinajstić information content (AvgIpc) is 2.55. The first kappa shape index (κ1) is 13.7. The van der Waals surface area contributed by atoms with Crippen LogP contribution in [0.4, 0.5) is 0 Å². The molecule has 3 N–H and O–H groups in total. The van der Waals surface area contributed by atoms with Crippen molar-refractivity contribution < 1.29 is 15.0 Å². The van der Waals surface area contributed by atoms with Gasteiger partial charge in [-0.1, -0.05) is 26.2 Å². The van der Waals surface area contributed by atoms with E-state index in [2.05, 4.69) is 12.2 Å². The smallest absolute Gasteiger partial charge is 0.255 e. The van der Waals surface area contributed by atoms with E-state index < -0.39 is 0 Å². The summed E-state index contributed by atoms with van der Waals surface area (Å²) in [7, 11) is 0. The first-order chi connectivity index (χ1) is 9.08. The summed E-state index contributed by atoms with van der Waals surface area (Å²) in [6, 6.07) is 4.21. The summed E-state index contributed by atoms with van der Waals surface area (Å²) in [6.07, 6.45) is 5.70. The second-order valence-electron chi connectivity index (χ2n) is 5.40. The van der Waals surface area contributed by atoms with Gasteiger partial charge in [-0.15, -0.1) is 0 Å². The lowest BCUT2D eigenvalue weighted by Gasteiger charge is -2.23. The van der Waals surface area contributed by atoms with Gasteiger partial charge in [-0.25, -0.2) is 0 Å². The summed E-state index contributed by atoms with van der Waals surface area (Å²) in [5.41, 5.74) is 0.217. The summed E-state index contributed by atoms with van der Waals surface area (Å²) < 4.78 is 0. The van der Waals surface area contributed by atoms with Crippen LogP contribution in [0.1, 0.15) is 49.4 Å². The maximum atomic E-state index is 12.2. The summed E-state index contributed by atoms with van der Waals surface area (Å²) in [5.74, 6) is -0.0300. The fourth-order valence-corrected chi connectivity index (χ4v) is 2.67. The fourth-order valence-electron chi connectivity index (χ4n) is 2.67. The van der Waals surface area contributed by atoms with Crippen molar-refractivity contribution in [1.82, 2.24) is 5.32 Å². The number of aromatic hydroxyl groups is 2. The molecule has 1 aromatic carbocycles. The quantitative estimate of drug-likeness (QED) is 0.719. The molecule has 4 nitrogen and oxygen atoms in total. The molecule has 0 aliphatic heterocycles. The number of phenolic OH excluding ortho intramolecular Hbond substituents is 2. The van der Waals surface area contributed by atoms with E-state index in [0.29, 0.717) is 5.92 Å². The fraction of sp³-hybridized carbons (Fsp3) is 0.533. The van der Waals surface area contributed by atoms with Gasteiger partial charge in [-0.2, -0.15) is 0 Å². The third-order valence-corrected chi connectivity index (χ3v) is 3.90. The number of hydrogen-bond donors (Lipinski definition) is 3. The SMILES string of the molecule is CC1CCCCCC1NC(=O)c1ccc(O)cc1O. The highest BCUT2D eigenvalue weighted by atomic mass is 16.3. The van der Waals surface area contributed by atoms with Crippen LogP contribution >= 0.6 is 0 Å². The van der Waals surface area contributed by atoms with Gasteiger partial charge >= 0.3 is 0 Å². The van der Waals surface area contributed by atoms with Crippen molar-refractivity contribution in [2.24, 2.45) is 5.92 Å². The molecule has 1 fully saturated rings. The van der Waals surface area contributed by atoms with Crippen LogP contribution < -0.4 is 5.32 Å². The number of carbonyl (C=O) groups excluding carboxylic acids is 1. The van der Waals surface area contributed by atoms with Gasteiger partial charge in [-0.05, 0) is 30.9 Å². The van der Waals surface area contributed by atoms with Crippen molar-refractivity contribution in [2.75, 3.05) is 0 Å². The molecular weight excluding hydrogens is 242 g/mol. The zero-order valence-corrected chi connectivity index (χ0v) is 11.2. The Morgan fingerprint density at radius 1 is 1.21 bits per heavy atom. The lowest BCUT2D eigenvalue weighted by atomic mass is 9.96. The maximum Gasteiger partial charge on any atom is 0.255 e. The van der Waals surface area contributed by atoms with Gasteiger partial charge in [0.25, 0.3) is 5.91 Å². The number of phenols is 2. The summed E-state index contributed by atoms with van der Waals surface area (Å²) in [6.45, 7) is 2.16. The van der Waals surface area contributed by atoms with Gasteiger partial charge in [0.05, 0.1) is 5.56 Å². The molecular formula is C15H21NO3. The first-order valence-electron chi connectivity index (χ1n) is 6.91. The number of carbonyl (C=O) groups is 1. The first-order valence-corrected chi connectivity index (χ1v) is 6.91. The summed E-state index contributed by atoms with van der Waals surface area (Å²) >= 11 is 0. The lowest BCUT2D eigenvalue weighted by Crippen LogP contribution is -2.38. The standard InChI is InChI=1S/C15H21NO3/c1-10-5-3-2-4-6-13(10)16-15(19)12-8-7-11(17)9-14(12)18/h7-10,13,17-18H,2-6H2,1H3,(H,16,19). The predicted octanol–water partition coefficient (Wildman–Crippen LogP) is 2.80. The molecule has 1 aliphatic rings. The van der Waals surface area contributed by atoms with E-state index in [9.17, 15) is 15.0 Å². The molecule has 19 heavy (non-hydrogen) atoms. The molecule has 2 rings (SSSR count). The van der Waals surface area contributed by atoms with Crippen LogP contribution in [0, 0.1) is 5.92 Å². The van der Waals surface area contributed by atoms with Crippen LogP contribution in [0.25, 0.3) is 0 Å². The molecule has 104 valence electrons. The molecule has 0 bridgehead atoms. The van der Waals surface area contributed by atoms with Crippen molar-refractivity contribution in [2.45, 2.75) is 45.1 Å². The largest absolute Gasteiger partial charge is 0.508 e. The molecule has 1 aromatic rings. The number of benzene rings is 1. The van der Waals surface area contributed by atoms with Crippen molar-refractivity contribution in [1.29, 1.82) is 0 Å². The Balaban J connectivity index is 2.07. The molecule has 0 saturated heterocycles. The van der Waals surface area contributed by atoms with Crippen LogP contribution in [0.3, 0.4) is 0 Å². The molecule has 1 amide bonds. The molecule has 4 heteroatoms. The molecule has 0 spiro atoms. The van der Waals surface area contributed by atoms with Crippen LogP contribution in [0.2, 0.25) is 0 Å². The van der Waals surface area contributed by atoms with Gasteiger partial charge in [-0.3, -0.25) is 4.79 Å². The normalized spacial score (nSPS) is 23.6. The second-order valence-corrected chi connectivity index (χ2v) is 5.40. The predicted molar refractivity (Wildman–Crippen MR) is 73.3 cm³/mol. The highest BCUT2D eigenvalue weighted by molar-refractivity contribution is 5.97. The highest BCUT2D eigenvalue weighted by Crippen LogP contribution is 2.25. The van der Waals surface area contributed by atoms with Crippen LogP contribution in [0.5, 0.6) is 11.5 Å². The minimum Gasteiger partial charge on any atom is -0.508 e. The van der Waals surface area contributed by atoms with Crippen molar-refractivity contribution >= 4 is 5.91 Å². The van der Waals surface area contributed by atoms with Crippen molar-refractivity contribution in [3.8, 4) is 11.5 Å². The molecule has 1 saturated carbocycles. The van der Waals surface area contributed by atoms with Crippen LogP contribution in [0.15, 0.2) is 18.2 Å². The molecule has 2 atom stereocenters. The van der Waals surface area contributed by atoms with E-state index in [0.717, 1.165) is 19.3 Å². The number of rotatable bonds is 2. The lowest BCUT2D eigenvalue weighted by molar-refractivity contribution is 0.0919. The van der Waals surface area contributed by atoms with Gasteiger partial charge in [0.2, 0.25) is 0 Å². The average molecular weight is 263 g/mol. The zero-order chi connectivity index (χ0) is 13.8. The van der Waals surface area contributed by atoms with Gasteiger partial charge in [0.15, 0.2) is 0 Å². The van der Waals surface area contributed by atoms with E-state index in [4.69, 9.17) is 0 Å². The molecule has 0 heterocycles. The third kappa shape index (κ3) is 3.40. The Hall–Kier alpha value is -1.71. The molecule has 0 aromatic heterocycles. The van der Waals surface area contributed by atoms with E-state index >= 15 is 0 Å². The Labute approximate surface area is 113 Å². The number of nitrogens with one attached hydrogen (secondary N) is 1.